The molecule has 3 aliphatic rings. The van der Waals surface area contributed by atoms with Crippen molar-refractivity contribution in [2.75, 3.05) is 45.8 Å². The van der Waals surface area contributed by atoms with Crippen LogP contribution in [0.15, 0.2) is 18.3 Å². The van der Waals surface area contributed by atoms with E-state index < -0.39 is 0 Å². The average Bonchev–Trinajstić information content (AvgIpc) is 3.30. The third kappa shape index (κ3) is 3.52. The summed E-state index contributed by atoms with van der Waals surface area (Å²) in [6.07, 6.45) is 4.02. The van der Waals surface area contributed by atoms with Crippen LogP contribution >= 0.6 is 11.3 Å². The summed E-state index contributed by atoms with van der Waals surface area (Å²) >= 11 is 1.45. The molecule has 1 unspecified atom stereocenters. The summed E-state index contributed by atoms with van der Waals surface area (Å²) in [5, 5.41) is 7.34. The van der Waals surface area contributed by atoms with E-state index in [1.54, 1.807) is 6.20 Å². The molecule has 0 aliphatic carbocycles. The number of pyridine rings is 1. The van der Waals surface area contributed by atoms with Gasteiger partial charge in [-0.1, -0.05) is 0 Å². The van der Waals surface area contributed by atoms with E-state index in [2.05, 4.69) is 20.5 Å². The second-order valence-electron chi connectivity index (χ2n) is 8.08. The topological polar surface area (TPSA) is 77.6 Å². The molecule has 2 aromatic rings. The molecule has 0 saturated carbocycles. The van der Waals surface area contributed by atoms with E-state index in [1.165, 1.54) is 24.3 Å². The molecular weight excluding hydrogens is 374 g/mol. The highest BCUT2D eigenvalue weighted by molar-refractivity contribution is 7.20. The minimum atomic E-state index is -0.113. The van der Waals surface area contributed by atoms with Gasteiger partial charge in [0.1, 0.15) is 5.69 Å². The molecule has 2 aromatic heterocycles. The molecule has 0 aromatic carbocycles. The number of aromatic nitrogens is 1. The Bertz CT molecular complexity index is 895. The first-order valence-electron chi connectivity index (χ1n) is 10.1. The third-order valence-corrected chi connectivity index (χ3v) is 7.14. The largest absolute Gasteiger partial charge is 0.347 e. The first-order valence-corrected chi connectivity index (χ1v) is 10.9. The van der Waals surface area contributed by atoms with Gasteiger partial charge in [-0.05, 0) is 37.4 Å². The number of carbonyl (C=O) groups excluding carboxylic acids is 2. The second-order valence-corrected chi connectivity index (χ2v) is 9.16. The molecule has 3 fully saturated rings. The van der Waals surface area contributed by atoms with Crippen LogP contribution in [0.4, 0.5) is 0 Å². The summed E-state index contributed by atoms with van der Waals surface area (Å²) in [7, 11) is 0. The number of piperidine rings is 1. The minimum absolute atomic E-state index is 0.0698. The van der Waals surface area contributed by atoms with Crippen molar-refractivity contribution in [2.45, 2.75) is 18.9 Å². The van der Waals surface area contributed by atoms with Crippen LogP contribution in [-0.4, -0.2) is 78.5 Å². The molecule has 8 heteroatoms. The molecule has 148 valence electrons. The average molecular weight is 400 g/mol. The zero-order valence-electron chi connectivity index (χ0n) is 15.8. The fraction of sp³-hybridized carbons (Fsp3) is 0.550. The maximum absolute atomic E-state index is 12.7. The van der Waals surface area contributed by atoms with Gasteiger partial charge in [-0.3, -0.25) is 14.6 Å². The van der Waals surface area contributed by atoms with Crippen molar-refractivity contribution in [1.82, 2.24) is 25.4 Å². The summed E-state index contributed by atoms with van der Waals surface area (Å²) in [5.41, 5.74) is 0.434. The van der Waals surface area contributed by atoms with Gasteiger partial charge in [0.05, 0.1) is 4.88 Å². The summed E-state index contributed by atoms with van der Waals surface area (Å²) in [6.45, 7) is 6.41. The molecule has 3 saturated heterocycles. The number of amides is 2. The maximum Gasteiger partial charge on any atom is 0.270 e. The first-order chi connectivity index (χ1) is 13.7. The summed E-state index contributed by atoms with van der Waals surface area (Å²) in [6, 6.07) is 3.92. The number of nitrogens with zero attached hydrogens (tertiary/aromatic N) is 3. The van der Waals surface area contributed by atoms with Crippen LogP contribution in [0.3, 0.4) is 0 Å². The van der Waals surface area contributed by atoms with E-state index in [4.69, 9.17) is 0 Å². The number of hydrogen-bond acceptors (Lipinski definition) is 6. The Morgan fingerprint density at radius 1 is 1.18 bits per heavy atom. The molecule has 0 spiro atoms. The number of carbonyl (C=O) groups is 2. The van der Waals surface area contributed by atoms with E-state index in [9.17, 15) is 9.59 Å². The smallest absolute Gasteiger partial charge is 0.270 e. The molecule has 2 bridgehead atoms. The predicted octanol–water partition coefficient (Wildman–Crippen LogP) is 1.17. The lowest BCUT2D eigenvalue weighted by molar-refractivity contribution is 0.0740. The molecule has 5 rings (SSSR count). The van der Waals surface area contributed by atoms with Gasteiger partial charge in [-0.25, -0.2) is 0 Å². The second kappa shape index (κ2) is 7.42. The van der Waals surface area contributed by atoms with Crippen LogP contribution in [0, 0.1) is 5.92 Å². The van der Waals surface area contributed by atoms with Crippen molar-refractivity contribution in [3.8, 4) is 0 Å². The van der Waals surface area contributed by atoms with Crippen LogP contribution in [0.25, 0.3) is 10.1 Å². The Morgan fingerprint density at radius 2 is 2.04 bits per heavy atom. The standard InChI is InChI=1S/C20H25N5O2S/c26-19(23-15-7-13-1-4-24(11-13)12-15)16-9-17-14(10-22-16)8-18(28-17)20(27)25-5-2-21-3-6-25/h8-10,13,15,21H,1-7,11-12H2,(H,23,26)/t13-,15+/m0/s1. The number of rotatable bonds is 3. The highest BCUT2D eigenvalue weighted by Gasteiger charge is 2.33. The Hall–Kier alpha value is -2.03. The van der Waals surface area contributed by atoms with E-state index in [1.807, 2.05) is 17.0 Å². The van der Waals surface area contributed by atoms with E-state index in [0.29, 0.717) is 16.5 Å². The monoisotopic (exact) mass is 399 g/mol. The van der Waals surface area contributed by atoms with Crippen LogP contribution in [0.1, 0.15) is 33.0 Å². The van der Waals surface area contributed by atoms with Gasteiger partial charge in [0.2, 0.25) is 0 Å². The number of thiophene rings is 1. The van der Waals surface area contributed by atoms with E-state index in [0.717, 1.165) is 55.8 Å². The Morgan fingerprint density at radius 3 is 2.86 bits per heavy atom. The van der Waals surface area contributed by atoms with Crippen molar-refractivity contribution in [1.29, 1.82) is 0 Å². The summed E-state index contributed by atoms with van der Waals surface area (Å²) < 4.78 is 0.936. The number of piperazine rings is 1. The molecule has 28 heavy (non-hydrogen) atoms. The zero-order chi connectivity index (χ0) is 19.1. The third-order valence-electron chi connectivity index (χ3n) is 6.05. The zero-order valence-corrected chi connectivity index (χ0v) is 16.6. The quantitative estimate of drug-likeness (QED) is 0.810. The van der Waals surface area contributed by atoms with Crippen LogP contribution in [0.5, 0.6) is 0 Å². The maximum atomic E-state index is 12.7. The number of hydrogen-bond donors (Lipinski definition) is 2. The molecule has 0 radical (unpaired) electrons. The van der Waals surface area contributed by atoms with Crippen LogP contribution in [0.2, 0.25) is 0 Å². The fourth-order valence-corrected chi connectivity index (χ4v) is 5.65. The highest BCUT2D eigenvalue weighted by Crippen LogP contribution is 2.28. The fourth-order valence-electron chi connectivity index (χ4n) is 4.61. The van der Waals surface area contributed by atoms with Crippen LogP contribution < -0.4 is 10.6 Å². The summed E-state index contributed by atoms with van der Waals surface area (Å²) in [4.78, 5) is 34.8. The molecule has 2 N–H and O–H groups in total. The van der Waals surface area contributed by atoms with Crippen LogP contribution in [-0.2, 0) is 0 Å². The molecule has 3 aliphatic heterocycles. The lowest BCUT2D eigenvalue weighted by atomic mass is 9.97. The predicted molar refractivity (Wildman–Crippen MR) is 109 cm³/mol. The molecule has 2 amide bonds. The van der Waals surface area contributed by atoms with E-state index >= 15 is 0 Å². The summed E-state index contributed by atoms with van der Waals surface area (Å²) in [5.74, 6) is 0.670. The lowest BCUT2D eigenvalue weighted by Crippen LogP contribution is -2.47. The van der Waals surface area contributed by atoms with Crippen molar-refractivity contribution in [3.63, 3.8) is 0 Å². The lowest BCUT2D eigenvalue weighted by Gasteiger charge is -2.30. The normalized spacial score (nSPS) is 27.1. The Kier molecular flexibility index (Phi) is 4.78. The van der Waals surface area contributed by atoms with Gasteiger partial charge in [0.15, 0.2) is 0 Å². The van der Waals surface area contributed by atoms with Gasteiger partial charge >= 0.3 is 0 Å². The minimum Gasteiger partial charge on any atom is -0.347 e. The number of nitrogens with one attached hydrogen (secondary N) is 2. The van der Waals surface area contributed by atoms with Crippen molar-refractivity contribution >= 4 is 33.2 Å². The van der Waals surface area contributed by atoms with Gasteiger partial charge in [0.25, 0.3) is 11.8 Å². The SMILES string of the molecule is O=C(N[C@@H]1C[C@@H]2CCN(C2)C1)c1cc2sc(C(=O)N3CCNCC3)cc2cn1. The van der Waals surface area contributed by atoms with Gasteiger partial charge < -0.3 is 20.4 Å². The highest BCUT2D eigenvalue weighted by atomic mass is 32.1. The van der Waals surface area contributed by atoms with Crippen molar-refractivity contribution in [3.05, 3.63) is 28.9 Å². The number of fused-ring (bicyclic) bond motifs is 3. The van der Waals surface area contributed by atoms with Gasteiger partial charge in [0, 0.05) is 61.6 Å². The Labute approximate surface area is 168 Å². The Balaban J connectivity index is 1.30. The molecule has 7 nitrogen and oxygen atoms in total. The van der Waals surface area contributed by atoms with E-state index in [-0.39, 0.29) is 17.9 Å². The molecule has 3 atom stereocenters. The molecule has 5 heterocycles. The van der Waals surface area contributed by atoms with Gasteiger partial charge in [-0.2, -0.15) is 0 Å². The van der Waals surface area contributed by atoms with Gasteiger partial charge in [-0.15, -0.1) is 11.3 Å². The molecular formula is C20H25N5O2S. The first kappa shape index (κ1) is 18.0. The van der Waals surface area contributed by atoms with Crippen molar-refractivity contribution in [2.24, 2.45) is 5.92 Å². The van der Waals surface area contributed by atoms with Crippen molar-refractivity contribution < 1.29 is 9.59 Å².